The Balaban J connectivity index is 0. The van der Waals surface area contributed by atoms with Gasteiger partial charge in [0.2, 0.25) is 0 Å². The lowest BCUT2D eigenvalue weighted by Crippen LogP contribution is -2.24. The molecule has 0 radical (unpaired) electrons. The number of aliphatic hydroxyl groups is 1. The molecule has 0 aromatic rings. The van der Waals surface area contributed by atoms with E-state index in [0.29, 0.717) is 5.75 Å². The highest BCUT2D eigenvalue weighted by atomic mass is 32.2. The molecular formula is C22H49O7PS. The van der Waals surface area contributed by atoms with Gasteiger partial charge in [0.25, 0.3) is 0 Å². The smallest absolute Gasteiger partial charge is 0.394 e. The summed E-state index contributed by atoms with van der Waals surface area (Å²) >= 11 is 0. The van der Waals surface area contributed by atoms with Crippen LogP contribution in [0.25, 0.3) is 0 Å². The fourth-order valence-corrected chi connectivity index (χ4v) is 4.65. The molecule has 0 saturated carbocycles. The first-order valence-corrected chi connectivity index (χ1v) is 15.1. The summed E-state index contributed by atoms with van der Waals surface area (Å²) in [5.41, 5.74) is 0. The van der Waals surface area contributed by atoms with E-state index in [0.717, 1.165) is 12.2 Å². The molecule has 0 aromatic carbocycles. The van der Waals surface area contributed by atoms with Crippen LogP contribution in [0.2, 0.25) is 0 Å². The van der Waals surface area contributed by atoms with Gasteiger partial charge in [0.15, 0.2) is 0 Å². The Bertz CT molecular complexity index is 420. The van der Waals surface area contributed by atoms with Gasteiger partial charge in [-0.3, -0.25) is 4.21 Å². The third-order valence-electron chi connectivity index (χ3n) is 5.13. The summed E-state index contributed by atoms with van der Waals surface area (Å²) in [7, 11) is -3.93. The van der Waals surface area contributed by atoms with Gasteiger partial charge >= 0.3 is 7.82 Å². The number of rotatable bonds is 21. The summed E-state index contributed by atoms with van der Waals surface area (Å²) in [5, 5.41) is 9.03. The van der Waals surface area contributed by atoms with Gasteiger partial charge in [0.1, 0.15) is 0 Å². The number of methoxy groups -OCH3 is 1. The molecule has 2 unspecified atom stereocenters. The normalized spacial score (nSPS) is 13.5. The highest BCUT2D eigenvalue weighted by molar-refractivity contribution is 7.85. The van der Waals surface area contributed by atoms with Crippen molar-refractivity contribution in [3.63, 3.8) is 0 Å². The Morgan fingerprint density at radius 3 is 1.35 bits per heavy atom. The van der Waals surface area contributed by atoms with Gasteiger partial charge in [-0.05, 0) is 6.42 Å². The predicted molar refractivity (Wildman–Crippen MR) is 130 cm³/mol. The first-order valence-electron chi connectivity index (χ1n) is 12.0. The zero-order chi connectivity index (χ0) is 23.8. The largest absolute Gasteiger partial charge is 0.466 e. The van der Waals surface area contributed by atoms with Crippen LogP contribution >= 0.6 is 7.82 Å². The number of aliphatic hydroxyl groups excluding tert-OH is 1. The topological polar surface area (TPSA) is 124 Å². The Labute approximate surface area is 193 Å². The van der Waals surface area contributed by atoms with Crippen molar-refractivity contribution in [1.82, 2.24) is 0 Å². The quantitative estimate of drug-likeness (QED) is 0.131. The molecule has 0 amide bonds. The van der Waals surface area contributed by atoms with Crippen molar-refractivity contribution >= 4 is 18.6 Å². The van der Waals surface area contributed by atoms with Gasteiger partial charge in [-0.15, -0.1) is 0 Å². The van der Waals surface area contributed by atoms with Gasteiger partial charge < -0.3 is 24.5 Å². The van der Waals surface area contributed by atoms with Crippen LogP contribution in [0.1, 0.15) is 110 Å². The second kappa shape index (κ2) is 24.8. The van der Waals surface area contributed by atoms with Crippen molar-refractivity contribution in [1.29, 1.82) is 0 Å². The second-order valence-electron chi connectivity index (χ2n) is 8.17. The van der Waals surface area contributed by atoms with E-state index < -0.39 is 18.6 Å². The minimum atomic E-state index is -4.64. The zero-order valence-electron chi connectivity index (χ0n) is 19.9. The van der Waals surface area contributed by atoms with E-state index in [1.165, 1.54) is 96.3 Å². The minimum absolute atomic E-state index is 0.0405. The Hall–Kier alpha value is 0.180. The third kappa shape index (κ3) is 35.0. The van der Waals surface area contributed by atoms with E-state index in [1.807, 2.05) is 0 Å². The molecule has 0 bridgehead atoms. The molecule has 0 aliphatic heterocycles. The summed E-state index contributed by atoms with van der Waals surface area (Å²) in [6.07, 6.45) is 21.5. The van der Waals surface area contributed by atoms with Gasteiger partial charge in [-0.1, -0.05) is 103 Å². The van der Waals surface area contributed by atoms with Gasteiger partial charge in [-0.25, -0.2) is 4.57 Å². The molecule has 0 aromatic heterocycles. The molecule has 2 atom stereocenters. The van der Waals surface area contributed by atoms with Crippen molar-refractivity contribution in [2.75, 3.05) is 25.2 Å². The maximum absolute atomic E-state index is 11.8. The molecule has 0 aliphatic carbocycles. The van der Waals surface area contributed by atoms with Crippen LogP contribution in [-0.4, -0.2) is 55.3 Å². The highest BCUT2D eigenvalue weighted by Crippen LogP contribution is 2.25. The maximum Gasteiger partial charge on any atom is 0.466 e. The van der Waals surface area contributed by atoms with Crippen molar-refractivity contribution in [3.8, 4) is 0 Å². The number of ether oxygens (including phenoxy) is 1. The summed E-state index contributed by atoms with van der Waals surface area (Å²) in [4.78, 5) is 21.6. The van der Waals surface area contributed by atoms with E-state index in [-0.39, 0.29) is 12.7 Å². The SMILES string of the molecule is CCCCCCCCCCCCCCCCCCS(=O)CC(CO)OC.O=P(O)(O)O. The Kier molecular flexibility index (Phi) is 26.7. The van der Waals surface area contributed by atoms with E-state index in [1.54, 1.807) is 7.11 Å². The average Bonchev–Trinajstić information content (AvgIpc) is 2.70. The summed E-state index contributed by atoms with van der Waals surface area (Å²) in [6.45, 7) is 2.24. The zero-order valence-corrected chi connectivity index (χ0v) is 21.6. The number of phosphoric acid groups is 1. The number of unbranched alkanes of at least 4 members (excludes halogenated alkanes) is 15. The predicted octanol–water partition coefficient (Wildman–Crippen LogP) is 5.08. The maximum atomic E-state index is 11.8. The molecule has 31 heavy (non-hydrogen) atoms. The molecular weight excluding hydrogens is 439 g/mol. The third-order valence-corrected chi connectivity index (χ3v) is 6.62. The van der Waals surface area contributed by atoms with Crippen LogP contribution in [-0.2, 0) is 20.1 Å². The molecule has 0 saturated heterocycles. The van der Waals surface area contributed by atoms with Gasteiger partial charge in [-0.2, -0.15) is 0 Å². The van der Waals surface area contributed by atoms with Crippen molar-refractivity contribution in [2.24, 2.45) is 0 Å². The fraction of sp³-hybridized carbons (Fsp3) is 1.00. The molecule has 190 valence electrons. The van der Waals surface area contributed by atoms with Crippen molar-refractivity contribution in [3.05, 3.63) is 0 Å². The first kappa shape index (κ1) is 33.4. The lowest BCUT2D eigenvalue weighted by molar-refractivity contribution is 0.0650. The molecule has 0 fully saturated rings. The van der Waals surface area contributed by atoms with E-state index in [9.17, 15) is 4.21 Å². The van der Waals surface area contributed by atoms with Crippen LogP contribution in [0, 0.1) is 0 Å². The van der Waals surface area contributed by atoms with Crippen molar-refractivity contribution < 1.29 is 33.3 Å². The van der Waals surface area contributed by atoms with E-state index in [4.69, 9.17) is 29.1 Å². The van der Waals surface area contributed by atoms with Gasteiger partial charge in [0.05, 0.1) is 18.5 Å². The molecule has 7 nitrogen and oxygen atoms in total. The second-order valence-corrected chi connectivity index (χ2v) is 10.8. The molecule has 0 aliphatic rings. The Morgan fingerprint density at radius 1 is 0.742 bits per heavy atom. The molecule has 0 heterocycles. The highest BCUT2D eigenvalue weighted by Gasteiger charge is 2.10. The molecule has 4 N–H and O–H groups in total. The lowest BCUT2D eigenvalue weighted by Gasteiger charge is -2.11. The average molecular weight is 489 g/mol. The summed E-state index contributed by atoms with van der Waals surface area (Å²) in [6, 6.07) is 0. The Morgan fingerprint density at radius 2 is 1.06 bits per heavy atom. The monoisotopic (exact) mass is 488 g/mol. The molecule has 0 spiro atoms. The van der Waals surface area contributed by atoms with Crippen LogP contribution < -0.4 is 0 Å². The van der Waals surface area contributed by atoms with Crippen molar-refractivity contribution in [2.45, 2.75) is 116 Å². The summed E-state index contributed by atoms with van der Waals surface area (Å²) < 4.78 is 25.8. The van der Waals surface area contributed by atoms with E-state index >= 15 is 0 Å². The number of hydrogen-bond donors (Lipinski definition) is 4. The number of hydrogen-bond acceptors (Lipinski definition) is 4. The standard InChI is InChI=1S/C22H46O3S.H3O4P/c1-3-4-5-6-7-8-9-10-11-12-13-14-15-16-17-18-19-26(24)21-22(20-23)25-2;1-5(2,3)4/h22-23H,3-21H2,1-2H3;(H3,1,2,3,4). The van der Waals surface area contributed by atoms with E-state index in [2.05, 4.69) is 6.92 Å². The first-order chi connectivity index (χ1) is 14.7. The molecule has 0 rings (SSSR count). The lowest BCUT2D eigenvalue weighted by atomic mass is 10.0. The fourth-order valence-electron chi connectivity index (χ4n) is 3.30. The minimum Gasteiger partial charge on any atom is -0.394 e. The summed E-state index contributed by atoms with van der Waals surface area (Å²) in [5.74, 6) is 1.21. The molecule has 9 heteroatoms. The van der Waals surface area contributed by atoms with Crippen LogP contribution in [0.3, 0.4) is 0 Å². The van der Waals surface area contributed by atoms with Crippen LogP contribution in [0.15, 0.2) is 0 Å². The van der Waals surface area contributed by atoms with Crippen LogP contribution in [0.4, 0.5) is 0 Å². The van der Waals surface area contributed by atoms with Gasteiger partial charge in [0, 0.05) is 23.7 Å². The van der Waals surface area contributed by atoms with Crippen LogP contribution in [0.5, 0.6) is 0 Å².